The van der Waals surface area contributed by atoms with Crippen LogP contribution in [0.5, 0.6) is 0 Å². The molecule has 9 heteroatoms. The van der Waals surface area contributed by atoms with Crippen LogP contribution in [-0.4, -0.2) is 64.0 Å². The Balaban J connectivity index is 3.34. The average molecular weight is 538 g/mol. The second-order valence-electron chi connectivity index (χ2n) is 11.4. The highest BCUT2D eigenvalue weighted by Gasteiger charge is 2.41. The molecule has 0 aliphatic rings. The fraction of sp³-hybridized carbons (Fsp3) is 0.643. The Kier molecular flexibility index (Phi) is 11.5. The van der Waals surface area contributed by atoms with Crippen LogP contribution in [-0.2, 0) is 29.3 Å². The van der Waals surface area contributed by atoms with Crippen molar-refractivity contribution in [1.29, 1.82) is 0 Å². The van der Waals surface area contributed by atoms with Crippen LogP contribution in [0.4, 0.5) is 0 Å². The molecular weight excluding hydrogens is 490 g/mol. The van der Waals surface area contributed by atoms with Crippen molar-refractivity contribution in [3.05, 3.63) is 46.9 Å². The quantitative estimate of drug-likeness (QED) is 0.393. The number of hydrogen-bond donors (Lipinski definition) is 2. The van der Waals surface area contributed by atoms with E-state index in [0.717, 1.165) is 5.56 Å². The fourth-order valence-corrected chi connectivity index (χ4v) is 5.20. The van der Waals surface area contributed by atoms with Crippen LogP contribution in [0, 0.1) is 11.3 Å². The number of nitrogens with zero attached hydrogens (tertiary/aromatic N) is 1. The van der Waals surface area contributed by atoms with Gasteiger partial charge in [0.25, 0.3) is 10.1 Å². The van der Waals surface area contributed by atoms with Crippen LogP contribution in [0.2, 0.25) is 0 Å². The first-order valence-corrected chi connectivity index (χ1v) is 14.2. The molecule has 2 amide bonds. The van der Waals surface area contributed by atoms with Gasteiger partial charge >= 0.3 is 0 Å². The molecule has 2 N–H and O–H groups in total. The predicted molar refractivity (Wildman–Crippen MR) is 149 cm³/mol. The predicted octanol–water partition coefficient (Wildman–Crippen LogP) is 3.84. The molecule has 0 fully saturated rings. The van der Waals surface area contributed by atoms with Gasteiger partial charge in [0.15, 0.2) is 0 Å². The SMILES string of the molecule is CCOS(=O)(=O)C(C)=C[C@H](C(C)C)N(C)C(=O)[C@@H](NC(=O)[C@@H](NC)C(C)(C)c1ccccc1)C(C)(C)C. The van der Waals surface area contributed by atoms with Crippen molar-refractivity contribution in [2.24, 2.45) is 11.3 Å². The van der Waals surface area contributed by atoms with E-state index in [4.69, 9.17) is 4.18 Å². The lowest BCUT2D eigenvalue weighted by Crippen LogP contribution is -2.61. The van der Waals surface area contributed by atoms with E-state index in [1.165, 1.54) is 11.8 Å². The molecule has 1 aromatic carbocycles. The summed E-state index contributed by atoms with van der Waals surface area (Å²) in [6.07, 6.45) is 1.55. The number of amides is 2. The van der Waals surface area contributed by atoms with Gasteiger partial charge in [0, 0.05) is 12.5 Å². The summed E-state index contributed by atoms with van der Waals surface area (Å²) in [5.41, 5.74) is -0.157. The van der Waals surface area contributed by atoms with Gasteiger partial charge in [-0.25, -0.2) is 0 Å². The Hall–Kier alpha value is -2.23. The maximum Gasteiger partial charge on any atom is 0.292 e. The topological polar surface area (TPSA) is 105 Å². The molecule has 0 unspecified atom stereocenters. The third-order valence-corrected chi connectivity index (χ3v) is 8.21. The van der Waals surface area contributed by atoms with E-state index >= 15 is 0 Å². The van der Waals surface area contributed by atoms with E-state index in [1.807, 2.05) is 78.8 Å². The normalized spacial score (nSPS) is 15.7. The molecule has 210 valence electrons. The van der Waals surface area contributed by atoms with Gasteiger partial charge in [-0.2, -0.15) is 8.42 Å². The first-order chi connectivity index (χ1) is 16.9. The second kappa shape index (κ2) is 13.0. The molecule has 0 aliphatic carbocycles. The molecule has 0 aromatic heterocycles. The summed E-state index contributed by atoms with van der Waals surface area (Å²) in [6.45, 7) is 16.6. The van der Waals surface area contributed by atoms with Crippen molar-refractivity contribution in [2.45, 2.75) is 85.9 Å². The zero-order valence-electron chi connectivity index (χ0n) is 24.4. The minimum absolute atomic E-state index is 0.0265. The number of rotatable bonds is 12. The van der Waals surface area contributed by atoms with Crippen molar-refractivity contribution < 1.29 is 22.2 Å². The fourth-order valence-electron chi connectivity index (χ4n) is 4.40. The van der Waals surface area contributed by atoms with Crippen LogP contribution in [0.1, 0.15) is 67.9 Å². The van der Waals surface area contributed by atoms with Crippen molar-refractivity contribution >= 4 is 21.9 Å². The number of nitrogens with one attached hydrogen (secondary N) is 2. The number of carbonyl (C=O) groups excluding carboxylic acids is 2. The van der Waals surface area contributed by atoms with E-state index in [2.05, 4.69) is 10.6 Å². The third-order valence-electron chi connectivity index (χ3n) is 6.74. The van der Waals surface area contributed by atoms with Crippen molar-refractivity contribution in [3.8, 4) is 0 Å². The number of benzene rings is 1. The lowest BCUT2D eigenvalue weighted by molar-refractivity contribution is -0.140. The standard InChI is InChI=1S/C28H47N3O5S/c1-12-36-37(34,35)20(4)18-22(19(2)3)31(11)26(33)24(27(5,6)7)30-25(32)23(29-10)28(8,9)21-16-14-13-15-17-21/h13-19,22-24,29H,12H2,1-11H3,(H,30,32)/t22-,23-,24-/m1/s1. The highest BCUT2D eigenvalue weighted by molar-refractivity contribution is 7.90. The molecule has 1 aromatic rings. The molecule has 8 nitrogen and oxygen atoms in total. The summed E-state index contributed by atoms with van der Waals surface area (Å²) in [7, 11) is -0.508. The van der Waals surface area contributed by atoms with Crippen LogP contribution in [0.3, 0.4) is 0 Å². The second-order valence-corrected chi connectivity index (χ2v) is 13.2. The molecule has 1 rings (SSSR count). The molecule has 0 radical (unpaired) electrons. The third kappa shape index (κ3) is 8.38. The summed E-state index contributed by atoms with van der Waals surface area (Å²) in [5, 5.41) is 6.14. The Morgan fingerprint density at radius 2 is 1.59 bits per heavy atom. The first kappa shape index (κ1) is 32.8. The number of likely N-dealkylation sites (N-methyl/N-ethyl adjacent to an activating group) is 2. The van der Waals surface area contributed by atoms with Crippen molar-refractivity contribution in [2.75, 3.05) is 20.7 Å². The van der Waals surface area contributed by atoms with Crippen molar-refractivity contribution in [3.63, 3.8) is 0 Å². The van der Waals surface area contributed by atoms with E-state index in [1.54, 1.807) is 27.1 Å². The van der Waals surface area contributed by atoms with Gasteiger partial charge in [-0.3, -0.25) is 13.8 Å². The Morgan fingerprint density at radius 1 is 1.05 bits per heavy atom. The van der Waals surface area contributed by atoms with Gasteiger partial charge in [-0.1, -0.05) is 78.8 Å². The number of carbonyl (C=O) groups is 2. The van der Waals surface area contributed by atoms with E-state index in [-0.39, 0.29) is 29.2 Å². The minimum atomic E-state index is -3.88. The number of allylic oxidation sites excluding steroid dienone is 1. The van der Waals surface area contributed by atoms with Crippen LogP contribution in [0.25, 0.3) is 0 Å². The molecule has 0 saturated carbocycles. The summed E-state index contributed by atoms with van der Waals surface area (Å²) in [6, 6.07) is 7.80. The van der Waals surface area contributed by atoms with Gasteiger partial charge < -0.3 is 15.5 Å². The molecule has 37 heavy (non-hydrogen) atoms. The summed E-state index contributed by atoms with van der Waals surface area (Å²) < 4.78 is 29.7. The van der Waals surface area contributed by atoms with Crippen LogP contribution >= 0.6 is 0 Å². The molecule has 0 spiro atoms. The van der Waals surface area contributed by atoms with Crippen LogP contribution < -0.4 is 10.6 Å². The molecule has 0 aliphatic heterocycles. The van der Waals surface area contributed by atoms with Gasteiger partial charge in [-0.15, -0.1) is 0 Å². The van der Waals surface area contributed by atoms with E-state index < -0.39 is 39.1 Å². The van der Waals surface area contributed by atoms with E-state index in [0.29, 0.717) is 0 Å². The Morgan fingerprint density at radius 3 is 2.03 bits per heavy atom. The maximum absolute atomic E-state index is 13.8. The lowest BCUT2D eigenvalue weighted by atomic mass is 9.76. The van der Waals surface area contributed by atoms with Gasteiger partial charge in [0.05, 0.1) is 23.6 Å². The zero-order chi connectivity index (χ0) is 28.8. The highest BCUT2D eigenvalue weighted by Crippen LogP contribution is 2.29. The van der Waals surface area contributed by atoms with E-state index in [9.17, 15) is 18.0 Å². The molecule has 0 bridgehead atoms. The van der Waals surface area contributed by atoms with Gasteiger partial charge in [0.2, 0.25) is 11.8 Å². The summed E-state index contributed by atoms with van der Waals surface area (Å²) in [5.74, 6) is -0.673. The van der Waals surface area contributed by atoms with Gasteiger partial charge in [0.1, 0.15) is 6.04 Å². The van der Waals surface area contributed by atoms with Crippen molar-refractivity contribution in [1.82, 2.24) is 15.5 Å². The molecular formula is C28H47N3O5S. The average Bonchev–Trinajstić information content (AvgIpc) is 2.79. The van der Waals surface area contributed by atoms with Crippen LogP contribution in [0.15, 0.2) is 41.3 Å². The molecule has 0 heterocycles. The van der Waals surface area contributed by atoms with Gasteiger partial charge in [-0.05, 0) is 43.9 Å². The number of hydrogen-bond acceptors (Lipinski definition) is 6. The zero-order valence-corrected chi connectivity index (χ0v) is 25.2. The monoisotopic (exact) mass is 537 g/mol. The molecule has 3 atom stereocenters. The maximum atomic E-state index is 13.8. The largest absolute Gasteiger partial charge is 0.342 e. The summed E-state index contributed by atoms with van der Waals surface area (Å²) >= 11 is 0. The smallest absolute Gasteiger partial charge is 0.292 e. The first-order valence-electron chi connectivity index (χ1n) is 12.8. The molecule has 0 saturated heterocycles. The summed E-state index contributed by atoms with van der Waals surface area (Å²) in [4.78, 5) is 29.0. The Bertz CT molecular complexity index is 1040. The lowest BCUT2D eigenvalue weighted by Gasteiger charge is -2.40. The Labute approximate surface area is 224 Å². The highest BCUT2D eigenvalue weighted by atomic mass is 32.2. The minimum Gasteiger partial charge on any atom is -0.342 e.